The Balaban J connectivity index is 5.31. The van der Waals surface area contributed by atoms with Crippen molar-refractivity contribution in [1.82, 2.24) is 0 Å². The van der Waals surface area contributed by atoms with Crippen LogP contribution in [0.2, 0.25) is 64.5 Å². The fourth-order valence-corrected chi connectivity index (χ4v) is 21.1. The van der Waals surface area contributed by atoms with Crippen LogP contribution in [0.4, 0.5) is 0 Å². The molecule has 0 bridgehead atoms. The van der Waals surface area contributed by atoms with Gasteiger partial charge >= 0.3 is 17.1 Å². The summed E-state index contributed by atoms with van der Waals surface area (Å²) in [5, 5.41) is 18.5. The molecule has 0 aromatic carbocycles. The normalized spacial score (nSPS) is 18.5. The fraction of sp³-hybridized carbons (Fsp3) is 1.00. The lowest BCUT2D eigenvalue weighted by Crippen LogP contribution is -2.58. The molecule has 9 heteroatoms. The standard InChI is InChI=1S/C14H38O5Si4/c1-20(2,3)17-22(7,13-9-11-15)19-23(8,14-10-12-16)18-21(4,5)6/h15-16H,9-14H2,1-8H3. The van der Waals surface area contributed by atoms with E-state index >= 15 is 0 Å². The van der Waals surface area contributed by atoms with E-state index in [1.54, 1.807) is 0 Å². The summed E-state index contributed by atoms with van der Waals surface area (Å²) in [6.07, 6.45) is 1.40. The molecule has 23 heavy (non-hydrogen) atoms. The Morgan fingerprint density at radius 1 is 0.565 bits per heavy atom. The second-order valence-corrected chi connectivity index (χ2v) is 24.9. The number of rotatable bonds is 12. The molecule has 0 aromatic heterocycles. The summed E-state index contributed by atoms with van der Waals surface area (Å²) in [4.78, 5) is 0. The minimum atomic E-state index is -2.41. The van der Waals surface area contributed by atoms with Crippen molar-refractivity contribution in [2.24, 2.45) is 0 Å². The predicted octanol–water partition coefficient (Wildman–Crippen LogP) is 3.61. The van der Waals surface area contributed by atoms with Crippen LogP contribution in [0.3, 0.4) is 0 Å². The molecular weight excluding hydrogens is 360 g/mol. The lowest BCUT2D eigenvalue weighted by molar-refractivity contribution is 0.270. The molecule has 0 aromatic rings. The molecule has 5 nitrogen and oxygen atoms in total. The molecule has 0 heterocycles. The van der Waals surface area contributed by atoms with Gasteiger partial charge in [0.2, 0.25) is 0 Å². The fourth-order valence-electron chi connectivity index (χ4n) is 2.80. The number of hydrogen-bond acceptors (Lipinski definition) is 5. The molecule has 0 radical (unpaired) electrons. The highest BCUT2D eigenvalue weighted by atomic mass is 28.5. The van der Waals surface area contributed by atoms with E-state index in [1.807, 2.05) is 0 Å². The first kappa shape index (κ1) is 23.7. The number of hydrogen-bond donors (Lipinski definition) is 2. The van der Waals surface area contributed by atoms with Gasteiger partial charge in [0.15, 0.2) is 16.6 Å². The third-order valence-corrected chi connectivity index (χ3v) is 17.4. The summed E-state index contributed by atoms with van der Waals surface area (Å²) in [5.74, 6) is 0. The molecule has 0 saturated heterocycles. The largest absolute Gasteiger partial charge is 0.437 e. The number of aliphatic hydroxyl groups is 2. The topological polar surface area (TPSA) is 68.2 Å². The minimum Gasteiger partial charge on any atom is -0.437 e. The molecule has 0 amide bonds. The summed E-state index contributed by atoms with van der Waals surface area (Å²) in [6, 6.07) is 1.56. The van der Waals surface area contributed by atoms with E-state index < -0.39 is 33.8 Å². The quantitative estimate of drug-likeness (QED) is 0.491. The third kappa shape index (κ3) is 11.8. The summed E-state index contributed by atoms with van der Waals surface area (Å²) in [6.45, 7) is 17.6. The van der Waals surface area contributed by atoms with Crippen molar-refractivity contribution in [2.45, 2.75) is 77.3 Å². The molecule has 0 spiro atoms. The molecule has 0 saturated carbocycles. The van der Waals surface area contributed by atoms with E-state index in [4.69, 9.17) is 12.3 Å². The highest BCUT2D eigenvalue weighted by Crippen LogP contribution is 2.30. The summed E-state index contributed by atoms with van der Waals surface area (Å²) >= 11 is 0. The smallest absolute Gasteiger partial charge is 0.315 e. The lowest BCUT2D eigenvalue weighted by Gasteiger charge is -2.43. The second-order valence-electron chi connectivity index (χ2n) is 8.45. The van der Waals surface area contributed by atoms with Crippen LogP contribution in [0.15, 0.2) is 0 Å². The Kier molecular flexibility index (Phi) is 9.66. The zero-order chi connectivity index (χ0) is 18.4. The third-order valence-electron chi connectivity index (χ3n) is 3.05. The second kappa shape index (κ2) is 9.39. The van der Waals surface area contributed by atoms with Gasteiger partial charge in [-0.15, -0.1) is 0 Å². The van der Waals surface area contributed by atoms with Crippen LogP contribution in [-0.2, 0) is 12.3 Å². The van der Waals surface area contributed by atoms with Crippen LogP contribution >= 0.6 is 0 Å². The predicted molar refractivity (Wildman–Crippen MR) is 106 cm³/mol. The average molecular weight is 399 g/mol. The van der Waals surface area contributed by atoms with Gasteiger partial charge in [-0.1, -0.05) is 0 Å². The molecule has 0 aliphatic rings. The average Bonchev–Trinajstić information content (AvgIpc) is 2.29. The Hall–Kier alpha value is 0.668. The molecule has 0 aliphatic heterocycles. The SMILES string of the molecule is C[Si](C)(C)O[Si](C)(CCCO)O[Si](C)(CCCO)O[Si](C)(C)C. The highest BCUT2D eigenvalue weighted by molar-refractivity contribution is 6.89. The van der Waals surface area contributed by atoms with Crippen molar-refractivity contribution in [2.75, 3.05) is 13.2 Å². The first-order valence-electron chi connectivity index (χ1n) is 8.56. The van der Waals surface area contributed by atoms with Crippen molar-refractivity contribution in [1.29, 1.82) is 0 Å². The van der Waals surface area contributed by atoms with E-state index in [-0.39, 0.29) is 13.2 Å². The Labute approximate surface area is 147 Å². The monoisotopic (exact) mass is 398 g/mol. The van der Waals surface area contributed by atoms with Gasteiger partial charge in [-0.25, -0.2) is 0 Å². The Bertz CT molecular complexity index is 313. The van der Waals surface area contributed by atoms with Crippen molar-refractivity contribution in [3.63, 3.8) is 0 Å². The lowest BCUT2D eigenvalue weighted by atomic mass is 10.5. The van der Waals surface area contributed by atoms with Crippen molar-refractivity contribution in [3.8, 4) is 0 Å². The van der Waals surface area contributed by atoms with Crippen LogP contribution in [0.25, 0.3) is 0 Å². The molecule has 0 fully saturated rings. The van der Waals surface area contributed by atoms with Gasteiger partial charge < -0.3 is 22.6 Å². The molecule has 140 valence electrons. The van der Waals surface area contributed by atoms with E-state index in [9.17, 15) is 10.2 Å². The summed E-state index contributed by atoms with van der Waals surface area (Å²) < 4.78 is 19.6. The van der Waals surface area contributed by atoms with Crippen molar-refractivity contribution < 1.29 is 22.6 Å². The van der Waals surface area contributed by atoms with E-state index in [1.165, 1.54) is 0 Å². The zero-order valence-corrected chi connectivity index (χ0v) is 20.4. The van der Waals surface area contributed by atoms with Gasteiger partial charge in [0.25, 0.3) is 0 Å². The molecule has 0 rings (SSSR count). The first-order valence-corrected chi connectivity index (χ1v) is 20.4. The van der Waals surface area contributed by atoms with Gasteiger partial charge in [-0.3, -0.25) is 0 Å². The van der Waals surface area contributed by atoms with E-state index in [0.717, 1.165) is 12.1 Å². The van der Waals surface area contributed by atoms with Crippen LogP contribution in [-0.4, -0.2) is 57.2 Å². The van der Waals surface area contributed by atoms with Gasteiger partial charge in [-0.05, 0) is 77.3 Å². The summed E-state index contributed by atoms with van der Waals surface area (Å²) in [7, 11) is -8.32. The van der Waals surface area contributed by atoms with Crippen molar-refractivity contribution in [3.05, 3.63) is 0 Å². The molecule has 2 unspecified atom stereocenters. The van der Waals surface area contributed by atoms with E-state index in [0.29, 0.717) is 12.8 Å². The molecule has 0 aliphatic carbocycles. The van der Waals surface area contributed by atoms with Crippen LogP contribution in [0.1, 0.15) is 12.8 Å². The van der Waals surface area contributed by atoms with Gasteiger partial charge in [0.1, 0.15) is 0 Å². The highest BCUT2D eigenvalue weighted by Gasteiger charge is 2.46. The molecule has 2 N–H and O–H groups in total. The Morgan fingerprint density at radius 3 is 1.09 bits per heavy atom. The molecule has 2 atom stereocenters. The van der Waals surface area contributed by atoms with Gasteiger partial charge in [0, 0.05) is 13.2 Å². The van der Waals surface area contributed by atoms with E-state index in [2.05, 4.69) is 52.4 Å². The summed E-state index contributed by atoms with van der Waals surface area (Å²) in [5.41, 5.74) is 0. The van der Waals surface area contributed by atoms with Crippen LogP contribution < -0.4 is 0 Å². The maximum Gasteiger partial charge on any atom is 0.315 e. The zero-order valence-electron chi connectivity index (χ0n) is 16.4. The maximum atomic E-state index is 9.23. The minimum absolute atomic E-state index is 0.158. The molecular formula is C14H38O5Si4. The van der Waals surface area contributed by atoms with Crippen molar-refractivity contribution >= 4 is 33.8 Å². The first-order chi connectivity index (χ1) is 10.2. The van der Waals surface area contributed by atoms with Gasteiger partial charge in [-0.2, -0.15) is 0 Å². The van der Waals surface area contributed by atoms with Crippen LogP contribution in [0, 0.1) is 0 Å². The number of aliphatic hydroxyl groups excluding tert-OH is 2. The van der Waals surface area contributed by atoms with Crippen LogP contribution in [0.5, 0.6) is 0 Å². The van der Waals surface area contributed by atoms with Gasteiger partial charge in [0.05, 0.1) is 0 Å². The Morgan fingerprint density at radius 2 is 0.870 bits per heavy atom. The maximum absolute atomic E-state index is 9.23.